The van der Waals surface area contributed by atoms with E-state index in [0.717, 1.165) is 29.8 Å². The third kappa shape index (κ3) is 7.08. The molecule has 3 aromatic rings. The highest BCUT2D eigenvalue weighted by Crippen LogP contribution is 2.33. The zero-order chi connectivity index (χ0) is 28.1. The van der Waals surface area contributed by atoms with Crippen LogP contribution >= 0.6 is 11.6 Å². The van der Waals surface area contributed by atoms with Gasteiger partial charge in [0.1, 0.15) is 5.75 Å². The molecule has 3 rings (SSSR count). The minimum atomic E-state index is -4.39. The summed E-state index contributed by atoms with van der Waals surface area (Å²) in [5, 5.41) is 8.32. The molecule has 0 aliphatic carbocycles. The number of carbonyl (C=O) groups excluding carboxylic acids is 1. The summed E-state index contributed by atoms with van der Waals surface area (Å²) in [6, 6.07) is 12.2. The van der Waals surface area contributed by atoms with E-state index in [9.17, 15) is 18.0 Å². The standard InChI is InChI=1S/C28H33ClF3N3O3/c1-6-14-35-21(17-24(34-35)18-8-11-20(12-9-18)28(30,31)32)16-23(33-5)19-10-13-25(22(29)15-19)38-27(3,4)26(36)37-7-2/h8-13,15,17,23,33H,6-7,14,16H2,1-5H3. The quantitative estimate of drug-likeness (QED) is 0.264. The van der Waals surface area contributed by atoms with Crippen LogP contribution in [-0.4, -0.2) is 35.0 Å². The van der Waals surface area contributed by atoms with Gasteiger partial charge in [-0.25, -0.2) is 4.79 Å². The Bertz CT molecular complexity index is 1240. The van der Waals surface area contributed by atoms with Crippen molar-refractivity contribution in [3.8, 4) is 17.0 Å². The molecule has 6 nitrogen and oxygen atoms in total. The molecular weight excluding hydrogens is 519 g/mol. The zero-order valence-electron chi connectivity index (χ0n) is 22.2. The maximum atomic E-state index is 13.0. The van der Waals surface area contributed by atoms with Crippen LogP contribution in [0.5, 0.6) is 5.75 Å². The van der Waals surface area contributed by atoms with E-state index in [1.807, 2.05) is 30.8 Å². The smallest absolute Gasteiger partial charge is 0.416 e. The van der Waals surface area contributed by atoms with Crippen molar-refractivity contribution in [1.29, 1.82) is 0 Å². The summed E-state index contributed by atoms with van der Waals surface area (Å²) in [7, 11) is 1.84. The summed E-state index contributed by atoms with van der Waals surface area (Å²) >= 11 is 6.53. The van der Waals surface area contributed by atoms with Crippen molar-refractivity contribution in [2.75, 3.05) is 13.7 Å². The Hall–Kier alpha value is -3.04. The van der Waals surface area contributed by atoms with Gasteiger partial charge in [0.15, 0.2) is 5.60 Å². The highest BCUT2D eigenvalue weighted by molar-refractivity contribution is 6.32. The molecule has 0 aliphatic rings. The van der Waals surface area contributed by atoms with Crippen LogP contribution in [-0.2, 0) is 28.7 Å². The van der Waals surface area contributed by atoms with Gasteiger partial charge in [0.05, 0.1) is 22.9 Å². The van der Waals surface area contributed by atoms with E-state index >= 15 is 0 Å². The number of nitrogens with zero attached hydrogens (tertiary/aromatic N) is 2. The van der Waals surface area contributed by atoms with Crippen LogP contribution in [0.2, 0.25) is 5.02 Å². The van der Waals surface area contributed by atoms with Gasteiger partial charge in [0, 0.05) is 30.3 Å². The van der Waals surface area contributed by atoms with Gasteiger partial charge >= 0.3 is 12.1 Å². The van der Waals surface area contributed by atoms with Crippen LogP contribution in [0.25, 0.3) is 11.3 Å². The van der Waals surface area contributed by atoms with Crippen LogP contribution in [0.1, 0.15) is 57.0 Å². The Morgan fingerprint density at radius 2 is 1.79 bits per heavy atom. The Morgan fingerprint density at radius 1 is 1.11 bits per heavy atom. The zero-order valence-corrected chi connectivity index (χ0v) is 22.9. The van der Waals surface area contributed by atoms with E-state index in [-0.39, 0.29) is 12.6 Å². The Morgan fingerprint density at radius 3 is 2.34 bits per heavy atom. The van der Waals surface area contributed by atoms with Gasteiger partial charge in [-0.15, -0.1) is 0 Å². The Labute approximate surface area is 226 Å². The number of rotatable bonds is 11. The second kappa shape index (κ2) is 12.2. The van der Waals surface area contributed by atoms with Crippen molar-refractivity contribution in [3.63, 3.8) is 0 Å². The molecule has 1 aromatic heterocycles. The fourth-order valence-corrected chi connectivity index (χ4v) is 4.26. The molecule has 1 unspecified atom stereocenters. The van der Waals surface area contributed by atoms with Crippen LogP contribution in [0.3, 0.4) is 0 Å². The number of halogens is 4. The Kier molecular flexibility index (Phi) is 9.49. The number of alkyl halides is 3. The number of hydrogen-bond donors (Lipinski definition) is 1. The van der Waals surface area contributed by atoms with Crippen molar-refractivity contribution in [2.24, 2.45) is 0 Å². The first kappa shape index (κ1) is 29.5. The number of benzene rings is 2. The van der Waals surface area contributed by atoms with Gasteiger partial charge in [0.25, 0.3) is 0 Å². The summed E-state index contributed by atoms with van der Waals surface area (Å²) in [6.45, 7) is 7.92. The molecule has 10 heteroatoms. The van der Waals surface area contributed by atoms with E-state index in [4.69, 9.17) is 21.1 Å². The molecule has 206 valence electrons. The fourth-order valence-electron chi connectivity index (χ4n) is 4.03. The van der Waals surface area contributed by atoms with Crippen LogP contribution < -0.4 is 10.1 Å². The lowest BCUT2D eigenvalue weighted by molar-refractivity contribution is -0.158. The molecular formula is C28H33ClF3N3O3. The molecule has 0 aliphatic heterocycles. The predicted molar refractivity (Wildman–Crippen MR) is 141 cm³/mol. The first-order valence-electron chi connectivity index (χ1n) is 12.5. The lowest BCUT2D eigenvalue weighted by Gasteiger charge is -2.25. The van der Waals surface area contributed by atoms with E-state index in [1.54, 1.807) is 32.9 Å². The van der Waals surface area contributed by atoms with E-state index in [1.165, 1.54) is 12.1 Å². The Balaban J connectivity index is 1.84. The van der Waals surface area contributed by atoms with Gasteiger partial charge in [-0.2, -0.15) is 18.3 Å². The van der Waals surface area contributed by atoms with Gasteiger partial charge in [-0.05, 0) is 70.1 Å². The maximum absolute atomic E-state index is 13.0. The number of esters is 1. The van der Waals surface area contributed by atoms with Crippen LogP contribution in [0.4, 0.5) is 13.2 Å². The fraction of sp³-hybridized carbons (Fsp3) is 0.429. The number of ether oxygens (including phenoxy) is 2. The maximum Gasteiger partial charge on any atom is 0.416 e. The molecule has 1 N–H and O–H groups in total. The van der Waals surface area contributed by atoms with Crippen molar-refractivity contribution in [1.82, 2.24) is 15.1 Å². The van der Waals surface area contributed by atoms with Crippen molar-refractivity contribution in [2.45, 2.75) is 64.9 Å². The summed E-state index contributed by atoms with van der Waals surface area (Å²) < 4.78 is 51.7. The molecule has 0 saturated heterocycles. The van der Waals surface area contributed by atoms with E-state index < -0.39 is 23.3 Å². The molecule has 0 spiro atoms. The number of hydrogen-bond acceptors (Lipinski definition) is 5. The molecule has 0 bridgehead atoms. The lowest BCUT2D eigenvalue weighted by Crippen LogP contribution is -2.39. The summed E-state index contributed by atoms with van der Waals surface area (Å²) in [4.78, 5) is 12.2. The number of nitrogens with one attached hydrogen (secondary N) is 1. The first-order valence-corrected chi connectivity index (χ1v) is 12.8. The van der Waals surface area contributed by atoms with E-state index in [0.29, 0.717) is 35.0 Å². The van der Waals surface area contributed by atoms with Crippen molar-refractivity contribution >= 4 is 17.6 Å². The highest BCUT2D eigenvalue weighted by Gasteiger charge is 2.32. The van der Waals surface area contributed by atoms with Gasteiger partial charge < -0.3 is 14.8 Å². The minimum Gasteiger partial charge on any atom is -0.475 e. The lowest BCUT2D eigenvalue weighted by atomic mass is 10.0. The van der Waals surface area contributed by atoms with E-state index in [2.05, 4.69) is 10.4 Å². The summed E-state index contributed by atoms with van der Waals surface area (Å²) in [6.07, 6.45) is -2.98. The molecule has 0 radical (unpaired) electrons. The topological polar surface area (TPSA) is 65.4 Å². The average molecular weight is 552 g/mol. The number of aryl methyl sites for hydroxylation is 1. The normalized spacial score (nSPS) is 12.9. The van der Waals surface area contributed by atoms with Crippen LogP contribution in [0, 0.1) is 0 Å². The molecule has 0 amide bonds. The molecule has 38 heavy (non-hydrogen) atoms. The first-order chi connectivity index (χ1) is 17.9. The molecule has 0 fully saturated rings. The minimum absolute atomic E-state index is 0.132. The monoisotopic (exact) mass is 551 g/mol. The van der Waals surface area contributed by atoms with Gasteiger partial charge in [-0.3, -0.25) is 4.68 Å². The SMILES string of the molecule is CCCn1nc(-c2ccc(C(F)(F)F)cc2)cc1CC(NC)c1ccc(OC(C)(C)C(=O)OCC)c(Cl)c1. The largest absolute Gasteiger partial charge is 0.475 e. The molecule has 0 saturated carbocycles. The predicted octanol–water partition coefficient (Wildman–Crippen LogP) is 6.86. The van der Waals surface area contributed by atoms with Gasteiger partial charge in [0.2, 0.25) is 0 Å². The van der Waals surface area contributed by atoms with Crippen molar-refractivity contribution in [3.05, 3.63) is 70.4 Å². The second-order valence-electron chi connectivity index (χ2n) is 9.39. The molecule has 2 aromatic carbocycles. The summed E-state index contributed by atoms with van der Waals surface area (Å²) in [5.74, 6) is -0.120. The number of carbonyl (C=O) groups is 1. The van der Waals surface area contributed by atoms with Crippen molar-refractivity contribution < 1.29 is 27.4 Å². The number of likely N-dealkylation sites (N-methyl/N-ethyl adjacent to an activating group) is 1. The average Bonchev–Trinajstić information content (AvgIpc) is 3.26. The second-order valence-corrected chi connectivity index (χ2v) is 9.79. The van der Waals surface area contributed by atoms with Gasteiger partial charge in [-0.1, -0.05) is 36.7 Å². The summed E-state index contributed by atoms with van der Waals surface area (Å²) in [5.41, 5.74) is 1.16. The van der Waals surface area contributed by atoms with Crippen LogP contribution in [0.15, 0.2) is 48.5 Å². The number of aromatic nitrogens is 2. The molecule has 1 heterocycles. The third-order valence-electron chi connectivity index (χ3n) is 6.06. The third-order valence-corrected chi connectivity index (χ3v) is 6.35. The molecule has 1 atom stereocenters. The highest BCUT2D eigenvalue weighted by atomic mass is 35.5.